The maximum Gasteiger partial charge on any atom is 0.363 e. The Morgan fingerprint density at radius 2 is 1.79 bits per heavy atom. The number of rotatable bonds is 4. The zero-order valence-corrected chi connectivity index (χ0v) is 18.2. The van der Waals surface area contributed by atoms with Crippen molar-refractivity contribution in [1.82, 2.24) is 0 Å². The fourth-order valence-corrected chi connectivity index (χ4v) is 3.34. The molecule has 0 atom stereocenters. The molecule has 0 saturated heterocycles. The van der Waals surface area contributed by atoms with Crippen molar-refractivity contribution in [3.63, 3.8) is 0 Å². The first kappa shape index (κ1) is 19.5. The van der Waals surface area contributed by atoms with Gasteiger partial charge in [-0.25, -0.2) is 9.79 Å². The number of benzene rings is 2. The first-order valence-electron chi connectivity index (χ1n) is 8.23. The molecule has 0 radical (unpaired) electrons. The van der Waals surface area contributed by atoms with Gasteiger partial charge in [-0.2, -0.15) is 0 Å². The third kappa shape index (κ3) is 4.15. The summed E-state index contributed by atoms with van der Waals surface area (Å²) in [6.07, 6.45) is 1.49. The monoisotopic (exact) mass is 564 g/mol. The summed E-state index contributed by atoms with van der Waals surface area (Å²) in [6, 6.07) is 14.9. The maximum absolute atomic E-state index is 12.2. The zero-order chi connectivity index (χ0) is 20.5. The van der Waals surface area contributed by atoms with Crippen molar-refractivity contribution in [2.24, 2.45) is 4.99 Å². The van der Waals surface area contributed by atoms with Gasteiger partial charge in [0.15, 0.2) is 5.70 Å². The van der Waals surface area contributed by atoms with Crippen LogP contribution in [0.1, 0.15) is 11.3 Å². The first-order chi connectivity index (χ1) is 13.9. The molecule has 0 aliphatic carbocycles. The van der Waals surface area contributed by atoms with Gasteiger partial charge >= 0.3 is 5.97 Å². The summed E-state index contributed by atoms with van der Waals surface area (Å²) < 4.78 is 12.9. The van der Waals surface area contributed by atoms with Gasteiger partial charge in [-0.05, 0) is 81.0 Å². The van der Waals surface area contributed by atoms with E-state index in [0.717, 1.165) is 8.04 Å². The van der Waals surface area contributed by atoms with Gasteiger partial charge in [-0.1, -0.05) is 0 Å². The molecular weight excluding hydrogens is 555 g/mol. The minimum atomic E-state index is -0.567. The van der Waals surface area contributed by atoms with E-state index in [1.165, 1.54) is 18.2 Å². The maximum atomic E-state index is 12.2. The van der Waals surface area contributed by atoms with Gasteiger partial charge in [0.2, 0.25) is 5.90 Å². The van der Waals surface area contributed by atoms with Crippen LogP contribution >= 0.6 is 38.5 Å². The number of non-ortho nitro benzene ring substituents is 1. The SMILES string of the molecule is O=C1OC(c2ccc(I)c(Br)c2)=N/C1=C\c1ccc(-c2ccc([N+](=O)[O-])cc2)o1. The number of hydrogen-bond acceptors (Lipinski definition) is 6. The summed E-state index contributed by atoms with van der Waals surface area (Å²) in [6.45, 7) is 0. The van der Waals surface area contributed by atoms with Gasteiger partial charge in [0, 0.05) is 37.4 Å². The molecule has 2 heterocycles. The lowest BCUT2D eigenvalue weighted by molar-refractivity contribution is -0.384. The molecule has 0 saturated carbocycles. The Morgan fingerprint density at radius 3 is 2.48 bits per heavy atom. The van der Waals surface area contributed by atoms with Crippen LogP contribution in [-0.4, -0.2) is 16.8 Å². The highest BCUT2D eigenvalue weighted by atomic mass is 127. The van der Waals surface area contributed by atoms with E-state index in [-0.39, 0.29) is 17.3 Å². The summed E-state index contributed by atoms with van der Waals surface area (Å²) >= 11 is 5.63. The zero-order valence-electron chi connectivity index (χ0n) is 14.5. The number of carbonyl (C=O) groups excluding carboxylic acids is 1. The highest BCUT2D eigenvalue weighted by molar-refractivity contribution is 14.1. The van der Waals surface area contributed by atoms with Crippen molar-refractivity contribution in [1.29, 1.82) is 0 Å². The van der Waals surface area contributed by atoms with Gasteiger partial charge in [0.05, 0.1) is 4.92 Å². The molecule has 29 heavy (non-hydrogen) atoms. The van der Waals surface area contributed by atoms with Crippen LogP contribution in [0.3, 0.4) is 0 Å². The Bertz CT molecular complexity index is 1200. The lowest BCUT2D eigenvalue weighted by Gasteiger charge is -2.01. The largest absolute Gasteiger partial charge is 0.457 e. The number of nitrogens with zero attached hydrogens (tertiary/aromatic N) is 2. The van der Waals surface area contributed by atoms with E-state index in [0.29, 0.717) is 22.6 Å². The number of furan rings is 1. The van der Waals surface area contributed by atoms with Crippen molar-refractivity contribution >= 4 is 62.2 Å². The number of hydrogen-bond donors (Lipinski definition) is 0. The Balaban J connectivity index is 1.59. The van der Waals surface area contributed by atoms with Crippen LogP contribution in [0.15, 0.2) is 74.2 Å². The molecule has 1 aliphatic rings. The quantitative estimate of drug-likeness (QED) is 0.136. The molecule has 0 amide bonds. The van der Waals surface area contributed by atoms with E-state index in [2.05, 4.69) is 43.5 Å². The van der Waals surface area contributed by atoms with Crippen LogP contribution in [0.25, 0.3) is 17.4 Å². The molecule has 0 fully saturated rings. The molecule has 7 nitrogen and oxygen atoms in total. The smallest absolute Gasteiger partial charge is 0.363 e. The molecule has 0 unspecified atom stereocenters. The second-order valence-electron chi connectivity index (χ2n) is 5.97. The van der Waals surface area contributed by atoms with E-state index in [1.807, 2.05) is 18.2 Å². The summed E-state index contributed by atoms with van der Waals surface area (Å²) in [7, 11) is 0. The third-order valence-electron chi connectivity index (χ3n) is 4.06. The lowest BCUT2D eigenvalue weighted by Crippen LogP contribution is -2.05. The normalized spacial score (nSPS) is 14.8. The standard InChI is InChI=1S/C20H10BrIN2O5/c21-15-9-12(3-7-16(15)22)19-23-17(20(25)29-19)10-14-6-8-18(28-14)11-1-4-13(5-2-11)24(26)27/h1-10H/b17-10-. The molecule has 4 rings (SSSR count). The molecule has 3 aromatic rings. The van der Waals surface area contributed by atoms with Crippen LogP contribution < -0.4 is 0 Å². The molecule has 1 aliphatic heterocycles. The van der Waals surface area contributed by atoms with E-state index >= 15 is 0 Å². The van der Waals surface area contributed by atoms with Crippen LogP contribution in [0.2, 0.25) is 0 Å². The van der Waals surface area contributed by atoms with Crippen LogP contribution in [0.5, 0.6) is 0 Å². The minimum Gasteiger partial charge on any atom is -0.457 e. The van der Waals surface area contributed by atoms with Gasteiger partial charge < -0.3 is 9.15 Å². The minimum absolute atomic E-state index is 0.000418. The number of nitro benzene ring substituents is 1. The molecule has 144 valence electrons. The summed E-state index contributed by atoms with van der Waals surface area (Å²) in [5.41, 5.74) is 1.49. The average molecular weight is 565 g/mol. The van der Waals surface area contributed by atoms with Crippen LogP contribution in [0.4, 0.5) is 5.69 Å². The molecule has 1 aromatic heterocycles. The van der Waals surface area contributed by atoms with E-state index in [9.17, 15) is 14.9 Å². The molecule has 0 spiro atoms. The Kier molecular flexibility index (Phi) is 5.33. The van der Waals surface area contributed by atoms with Gasteiger partial charge in [0.1, 0.15) is 11.5 Å². The number of halogens is 2. The second kappa shape index (κ2) is 7.91. The highest BCUT2D eigenvalue weighted by Crippen LogP contribution is 2.27. The Morgan fingerprint density at radius 1 is 1.07 bits per heavy atom. The summed E-state index contributed by atoms with van der Waals surface area (Å²) in [5.74, 6) is 0.589. The Hall–Kier alpha value is -2.79. The molecule has 2 aromatic carbocycles. The topological polar surface area (TPSA) is 94.9 Å². The molecule has 9 heteroatoms. The van der Waals surface area contributed by atoms with E-state index in [1.54, 1.807) is 24.3 Å². The van der Waals surface area contributed by atoms with Gasteiger partial charge in [-0.15, -0.1) is 0 Å². The average Bonchev–Trinajstić information content (AvgIpc) is 3.31. The third-order valence-corrected chi connectivity index (χ3v) is 6.39. The number of esters is 1. The number of cyclic esters (lactones) is 1. The summed E-state index contributed by atoms with van der Waals surface area (Å²) in [4.78, 5) is 26.7. The van der Waals surface area contributed by atoms with E-state index < -0.39 is 10.9 Å². The van der Waals surface area contributed by atoms with E-state index in [4.69, 9.17) is 9.15 Å². The van der Waals surface area contributed by atoms with Crippen molar-refractivity contribution in [2.75, 3.05) is 0 Å². The van der Waals surface area contributed by atoms with Crippen molar-refractivity contribution in [3.8, 4) is 11.3 Å². The first-order valence-corrected chi connectivity index (χ1v) is 10.1. The van der Waals surface area contributed by atoms with Gasteiger partial charge in [0.25, 0.3) is 5.69 Å². The lowest BCUT2D eigenvalue weighted by atomic mass is 10.1. The molecular formula is C20H10BrIN2O5. The fraction of sp³-hybridized carbons (Fsp3) is 0. The predicted octanol–water partition coefficient (Wildman–Crippen LogP) is 5.57. The molecule has 0 bridgehead atoms. The highest BCUT2D eigenvalue weighted by Gasteiger charge is 2.25. The number of aliphatic imine (C=N–C) groups is 1. The predicted molar refractivity (Wildman–Crippen MR) is 118 cm³/mol. The molecule has 0 N–H and O–H groups in total. The van der Waals surface area contributed by atoms with Crippen molar-refractivity contribution in [3.05, 3.63) is 89.8 Å². The van der Waals surface area contributed by atoms with Crippen LogP contribution in [0, 0.1) is 13.7 Å². The number of carbonyl (C=O) groups is 1. The van der Waals surface area contributed by atoms with Crippen LogP contribution in [-0.2, 0) is 9.53 Å². The van der Waals surface area contributed by atoms with Crippen molar-refractivity contribution in [2.45, 2.75) is 0 Å². The summed E-state index contributed by atoms with van der Waals surface area (Å²) in [5, 5.41) is 10.8. The number of nitro groups is 1. The number of ether oxygens (including phenoxy) is 1. The van der Waals surface area contributed by atoms with Crippen molar-refractivity contribution < 1.29 is 18.9 Å². The second-order valence-corrected chi connectivity index (χ2v) is 7.99. The van der Waals surface area contributed by atoms with Gasteiger partial charge in [-0.3, -0.25) is 10.1 Å². The fourth-order valence-electron chi connectivity index (χ4n) is 2.63. The Labute approximate surface area is 186 Å².